The molecular weight excluding hydrogens is 464 g/mol. The monoisotopic (exact) mass is 500 g/mol. The molecule has 1 aromatic heterocycles. The van der Waals surface area contributed by atoms with Gasteiger partial charge in [0.25, 0.3) is 5.91 Å². The number of nitrogens with one attached hydrogen (secondary N) is 1. The molecule has 0 radical (unpaired) electrons. The highest BCUT2D eigenvalue weighted by molar-refractivity contribution is 5.96. The van der Waals surface area contributed by atoms with E-state index in [9.17, 15) is 9.59 Å². The first-order valence-electron chi connectivity index (χ1n) is 13.2. The van der Waals surface area contributed by atoms with E-state index in [1.54, 1.807) is 4.90 Å². The SMILES string of the molecule is CCOc1ccccc1[C@@H](C(=O)NC1CCCCC1)N(CCc1cccc(C)c1)C(=O)c1cnccn1. The summed E-state index contributed by atoms with van der Waals surface area (Å²) < 4.78 is 5.93. The third-order valence-electron chi connectivity index (χ3n) is 6.79. The minimum atomic E-state index is -0.871. The van der Waals surface area contributed by atoms with Crippen LogP contribution >= 0.6 is 0 Å². The van der Waals surface area contributed by atoms with Gasteiger partial charge in [0, 0.05) is 30.5 Å². The van der Waals surface area contributed by atoms with Crippen molar-refractivity contribution < 1.29 is 14.3 Å². The zero-order chi connectivity index (χ0) is 26.0. The van der Waals surface area contributed by atoms with Gasteiger partial charge in [-0.1, -0.05) is 67.3 Å². The summed E-state index contributed by atoms with van der Waals surface area (Å²) in [6, 6.07) is 14.9. The highest BCUT2D eigenvalue weighted by Crippen LogP contribution is 2.32. The molecule has 194 valence electrons. The van der Waals surface area contributed by atoms with Crippen LogP contribution in [0.3, 0.4) is 0 Å². The molecule has 3 aromatic rings. The summed E-state index contributed by atoms with van der Waals surface area (Å²) in [5.41, 5.74) is 3.12. The van der Waals surface area contributed by atoms with Gasteiger partial charge in [-0.2, -0.15) is 0 Å². The van der Waals surface area contributed by atoms with E-state index in [2.05, 4.69) is 21.4 Å². The standard InChI is InChI=1S/C30H36N4O3/c1-3-37-27-15-8-7-14-25(27)28(29(35)33-24-12-5-4-6-13-24)34(30(36)26-21-31-17-18-32-26)19-16-23-11-9-10-22(2)20-23/h7-11,14-15,17-18,20-21,24,28H,3-6,12-13,16,19H2,1-2H3,(H,33,35)/t28-/m0/s1. The fourth-order valence-corrected chi connectivity index (χ4v) is 4.99. The Morgan fingerprint density at radius 3 is 2.62 bits per heavy atom. The van der Waals surface area contributed by atoms with Crippen molar-refractivity contribution in [3.63, 3.8) is 0 Å². The van der Waals surface area contributed by atoms with E-state index in [1.807, 2.05) is 56.3 Å². The number of hydrogen-bond acceptors (Lipinski definition) is 5. The summed E-state index contributed by atoms with van der Waals surface area (Å²) in [6.07, 6.45) is 10.4. The van der Waals surface area contributed by atoms with E-state index in [-0.39, 0.29) is 23.6 Å². The molecule has 37 heavy (non-hydrogen) atoms. The largest absolute Gasteiger partial charge is 0.494 e. The predicted molar refractivity (Wildman–Crippen MR) is 143 cm³/mol. The Morgan fingerprint density at radius 2 is 1.89 bits per heavy atom. The quantitative estimate of drug-likeness (QED) is 0.421. The van der Waals surface area contributed by atoms with Gasteiger partial charge in [-0.15, -0.1) is 0 Å². The van der Waals surface area contributed by atoms with Crippen molar-refractivity contribution in [3.05, 3.63) is 89.5 Å². The molecule has 1 heterocycles. The van der Waals surface area contributed by atoms with E-state index in [0.717, 1.165) is 36.8 Å². The summed E-state index contributed by atoms with van der Waals surface area (Å²) >= 11 is 0. The highest BCUT2D eigenvalue weighted by Gasteiger charge is 2.35. The summed E-state index contributed by atoms with van der Waals surface area (Å²) in [5, 5.41) is 3.26. The van der Waals surface area contributed by atoms with Crippen molar-refractivity contribution in [1.29, 1.82) is 0 Å². The van der Waals surface area contributed by atoms with E-state index < -0.39 is 6.04 Å². The van der Waals surface area contributed by atoms with E-state index in [4.69, 9.17) is 4.74 Å². The first-order valence-corrected chi connectivity index (χ1v) is 13.2. The maximum Gasteiger partial charge on any atom is 0.275 e. The van der Waals surface area contributed by atoms with Crippen molar-refractivity contribution in [2.45, 2.75) is 64.5 Å². The molecule has 1 fully saturated rings. The van der Waals surface area contributed by atoms with E-state index >= 15 is 0 Å². The van der Waals surface area contributed by atoms with Crippen molar-refractivity contribution in [1.82, 2.24) is 20.2 Å². The van der Waals surface area contributed by atoms with Crippen molar-refractivity contribution in [3.8, 4) is 5.75 Å². The molecule has 0 aliphatic heterocycles. The number of benzene rings is 2. The van der Waals surface area contributed by atoms with Crippen LogP contribution in [-0.2, 0) is 11.2 Å². The second-order valence-corrected chi connectivity index (χ2v) is 9.55. The Morgan fingerprint density at radius 1 is 1.08 bits per heavy atom. The summed E-state index contributed by atoms with van der Waals surface area (Å²) in [5.74, 6) is 0.0673. The number of carbonyl (C=O) groups is 2. The second kappa shape index (κ2) is 13.0. The molecule has 7 heteroatoms. The number of rotatable bonds is 10. The van der Waals surface area contributed by atoms with Gasteiger partial charge in [0.15, 0.2) is 0 Å². The number of aryl methyl sites for hydroxylation is 1. The Hall–Kier alpha value is -3.74. The zero-order valence-corrected chi connectivity index (χ0v) is 21.7. The molecule has 7 nitrogen and oxygen atoms in total. The normalized spacial score (nSPS) is 14.5. The predicted octanol–water partition coefficient (Wildman–Crippen LogP) is 5.06. The Balaban J connectivity index is 1.74. The third kappa shape index (κ3) is 6.94. The maximum atomic E-state index is 14.0. The van der Waals surface area contributed by atoms with Crippen LogP contribution < -0.4 is 10.1 Å². The third-order valence-corrected chi connectivity index (χ3v) is 6.79. The number of hydrogen-bond donors (Lipinski definition) is 1. The van der Waals surface area contributed by atoms with Gasteiger partial charge in [0.1, 0.15) is 17.5 Å². The number of carbonyl (C=O) groups excluding carboxylic acids is 2. The molecule has 4 rings (SSSR count). The van der Waals surface area contributed by atoms with Crippen LogP contribution in [0.4, 0.5) is 0 Å². The van der Waals surface area contributed by atoms with E-state index in [1.165, 1.54) is 25.0 Å². The fraction of sp³-hybridized carbons (Fsp3) is 0.400. The van der Waals surface area contributed by atoms with Gasteiger partial charge in [-0.25, -0.2) is 4.98 Å². The molecular formula is C30H36N4O3. The number of nitrogens with zero attached hydrogens (tertiary/aromatic N) is 3. The average molecular weight is 501 g/mol. The van der Waals surface area contributed by atoms with Crippen molar-refractivity contribution >= 4 is 11.8 Å². The van der Waals surface area contributed by atoms with Crippen LogP contribution in [0.5, 0.6) is 5.75 Å². The molecule has 2 amide bonds. The van der Waals surface area contributed by atoms with Crippen LogP contribution in [0.1, 0.15) is 72.2 Å². The minimum absolute atomic E-state index is 0.105. The topological polar surface area (TPSA) is 84.4 Å². The molecule has 0 saturated heterocycles. The fourth-order valence-electron chi connectivity index (χ4n) is 4.99. The van der Waals surface area contributed by atoms with Gasteiger partial charge in [0.2, 0.25) is 5.91 Å². The molecule has 2 aromatic carbocycles. The van der Waals surface area contributed by atoms with Crippen LogP contribution in [0.2, 0.25) is 0 Å². The molecule has 1 aliphatic carbocycles. The Bertz CT molecular complexity index is 1180. The van der Waals surface area contributed by atoms with Gasteiger partial charge < -0.3 is 15.0 Å². The van der Waals surface area contributed by atoms with Gasteiger partial charge in [-0.3, -0.25) is 14.6 Å². The number of amides is 2. The first-order chi connectivity index (χ1) is 18.1. The van der Waals surface area contributed by atoms with Crippen LogP contribution in [-0.4, -0.2) is 45.9 Å². The molecule has 1 N–H and O–H groups in total. The van der Waals surface area contributed by atoms with E-state index in [0.29, 0.717) is 30.9 Å². The van der Waals surface area contributed by atoms with Crippen LogP contribution in [0, 0.1) is 6.92 Å². The van der Waals surface area contributed by atoms with Crippen molar-refractivity contribution in [2.24, 2.45) is 0 Å². The number of aromatic nitrogens is 2. The van der Waals surface area contributed by atoms with Crippen LogP contribution in [0.15, 0.2) is 67.1 Å². The molecule has 1 aliphatic rings. The summed E-state index contributed by atoms with van der Waals surface area (Å²) in [7, 11) is 0. The van der Waals surface area contributed by atoms with Crippen LogP contribution in [0.25, 0.3) is 0 Å². The molecule has 1 saturated carbocycles. The maximum absolute atomic E-state index is 14.0. The second-order valence-electron chi connectivity index (χ2n) is 9.55. The molecule has 0 unspecified atom stereocenters. The summed E-state index contributed by atoms with van der Waals surface area (Å²) in [4.78, 5) is 37.9. The summed E-state index contributed by atoms with van der Waals surface area (Å²) in [6.45, 7) is 4.75. The molecule has 0 bridgehead atoms. The number of para-hydroxylation sites is 1. The molecule has 0 spiro atoms. The highest BCUT2D eigenvalue weighted by atomic mass is 16.5. The zero-order valence-electron chi connectivity index (χ0n) is 21.7. The van der Waals surface area contributed by atoms with Gasteiger partial charge in [0.05, 0.1) is 12.8 Å². The Kier molecular flexibility index (Phi) is 9.24. The van der Waals surface area contributed by atoms with Gasteiger partial charge >= 0.3 is 0 Å². The lowest BCUT2D eigenvalue weighted by Gasteiger charge is -2.34. The smallest absolute Gasteiger partial charge is 0.275 e. The number of ether oxygens (including phenoxy) is 1. The lowest BCUT2D eigenvalue weighted by atomic mass is 9.94. The first kappa shape index (κ1) is 26.3. The Labute approximate surface area is 219 Å². The lowest BCUT2D eigenvalue weighted by Crippen LogP contribution is -2.48. The average Bonchev–Trinajstić information content (AvgIpc) is 2.92. The van der Waals surface area contributed by atoms with Crippen molar-refractivity contribution in [2.75, 3.05) is 13.2 Å². The molecule has 1 atom stereocenters. The minimum Gasteiger partial charge on any atom is -0.494 e. The lowest BCUT2D eigenvalue weighted by molar-refractivity contribution is -0.127. The van der Waals surface area contributed by atoms with Gasteiger partial charge in [-0.05, 0) is 44.7 Å².